The van der Waals surface area contributed by atoms with Gasteiger partial charge < -0.3 is 4.74 Å². The SMILES string of the molecule is CCOC(=O)c1n[nH]nc1SC1CCC2(CCCCC2)CC1. The van der Waals surface area contributed by atoms with Gasteiger partial charge in [-0.3, -0.25) is 0 Å². The Morgan fingerprint density at radius 1 is 1.23 bits per heavy atom. The summed E-state index contributed by atoms with van der Waals surface area (Å²) in [5.41, 5.74) is 0.966. The number of H-pyrrole nitrogens is 1. The molecule has 2 aliphatic rings. The Bertz CT molecular complexity index is 501. The van der Waals surface area contributed by atoms with Crippen molar-refractivity contribution in [2.45, 2.75) is 75.0 Å². The van der Waals surface area contributed by atoms with Gasteiger partial charge in [0.2, 0.25) is 5.69 Å². The minimum atomic E-state index is -0.377. The summed E-state index contributed by atoms with van der Waals surface area (Å²) in [5.74, 6) is -0.377. The van der Waals surface area contributed by atoms with Crippen LogP contribution in [0.4, 0.5) is 0 Å². The largest absolute Gasteiger partial charge is 0.461 e. The van der Waals surface area contributed by atoms with Crippen LogP contribution in [0.25, 0.3) is 0 Å². The zero-order chi connectivity index (χ0) is 15.4. The van der Waals surface area contributed by atoms with Crippen LogP contribution in [0.3, 0.4) is 0 Å². The monoisotopic (exact) mass is 323 g/mol. The maximum absolute atomic E-state index is 11.9. The summed E-state index contributed by atoms with van der Waals surface area (Å²) in [6.45, 7) is 2.16. The number of nitrogens with zero attached hydrogens (tertiary/aromatic N) is 2. The molecule has 3 rings (SSSR count). The van der Waals surface area contributed by atoms with E-state index in [0.717, 1.165) is 0 Å². The van der Waals surface area contributed by atoms with Gasteiger partial charge >= 0.3 is 5.97 Å². The van der Waals surface area contributed by atoms with Crippen LogP contribution in [0.15, 0.2) is 5.03 Å². The van der Waals surface area contributed by atoms with Gasteiger partial charge in [0.05, 0.1) is 6.61 Å². The molecule has 0 radical (unpaired) electrons. The first-order valence-corrected chi connectivity index (χ1v) is 9.35. The van der Waals surface area contributed by atoms with E-state index in [1.54, 1.807) is 18.7 Å². The van der Waals surface area contributed by atoms with Crippen LogP contribution in [0.5, 0.6) is 0 Å². The standard InChI is InChI=1S/C16H25N3O2S/c1-2-21-15(20)13-14(18-19-17-13)22-12-6-10-16(11-7-12)8-4-3-5-9-16/h12H,2-11H2,1H3,(H,17,18,19). The Morgan fingerprint density at radius 2 is 1.95 bits per heavy atom. The summed E-state index contributed by atoms with van der Waals surface area (Å²) in [7, 11) is 0. The lowest BCUT2D eigenvalue weighted by molar-refractivity contribution is 0.0515. The van der Waals surface area contributed by atoms with E-state index >= 15 is 0 Å². The number of nitrogens with one attached hydrogen (secondary N) is 1. The summed E-state index contributed by atoms with van der Waals surface area (Å²) in [5, 5.41) is 11.9. The van der Waals surface area contributed by atoms with Gasteiger partial charge in [-0.25, -0.2) is 4.79 Å². The minimum absolute atomic E-state index is 0.338. The van der Waals surface area contributed by atoms with E-state index in [-0.39, 0.29) is 5.97 Å². The van der Waals surface area contributed by atoms with E-state index in [0.29, 0.717) is 28.0 Å². The Kier molecular flexibility index (Phi) is 5.06. The van der Waals surface area contributed by atoms with Crippen molar-refractivity contribution in [1.82, 2.24) is 15.4 Å². The van der Waals surface area contributed by atoms with E-state index in [9.17, 15) is 4.79 Å². The molecule has 2 aliphatic carbocycles. The number of hydrogen-bond acceptors (Lipinski definition) is 5. The van der Waals surface area contributed by atoms with Crippen LogP contribution in [0.1, 0.15) is 75.2 Å². The maximum Gasteiger partial charge on any atom is 0.361 e. The molecule has 1 heterocycles. The number of hydrogen-bond donors (Lipinski definition) is 1. The van der Waals surface area contributed by atoms with Gasteiger partial charge in [-0.05, 0) is 50.9 Å². The number of carbonyl (C=O) groups excluding carboxylic acids is 1. The molecule has 122 valence electrons. The fraction of sp³-hybridized carbons (Fsp3) is 0.812. The summed E-state index contributed by atoms with van der Waals surface area (Å²) in [4.78, 5) is 11.9. The highest BCUT2D eigenvalue weighted by molar-refractivity contribution is 7.99. The molecule has 0 saturated heterocycles. The van der Waals surface area contributed by atoms with Gasteiger partial charge in [0.1, 0.15) is 0 Å². The summed E-state index contributed by atoms with van der Waals surface area (Å²) in [6, 6.07) is 0. The molecule has 0 bridgehead atoms. The molecule has 0 amide bonds. The summed E-state index contributed by atoms with van der Waals surface area (Å²) >= 11 is 1.69. The highest BCUT2D eigenvalue weighted by atomic mass is 32.2. The number of carbonyl (C=O) groups is 1. The third-order valence-electron chi connectivity index (χ3n) is 5.17. The first-order chi connectivity index (χ1) is 10.7. The van der Waals surface area contributed by atoms with Gasteiger partial charge in [-0.15, -0.1) is 10.2 Å². The molecule has 0 aromatic carbocycles. The lowest BCUT2D eigenvalue weighted by Gasteiger charge is -2.42. The topological polar surface area (TPSA) is 67.9 Å². The van der Waals surface area contributed by atoms with Crippen molar-refractivity contribution < 1.29 is 9.53 Å². The van der Waals surface area contributed by atoms with Crippen molar-refractivity contribution in [1.29, 1.82) is 0 Å². The predicted octanol–water partition coefficient (Wildman–Crippen LogP) is 3.97. The normalized spacial score (nSPS) is 21.9. The third-order valence-corrected chi connectivity index (χ3v) is 6.48. The molecule has 2 saturated carbocycles. The van der Waals surface area contributed by atoms with E-state index in [2.05, 4.69) is 15.4 Å². The van der Waals surface area contributed by atoms with Crippen LogP contribution in [-0.2, 0) is 4.74 Å². The molecular formula is C16H25N3O2S. The van der Waals surface area contributed by atoms with E-state index in [4.69, 9.17) is 4.74 Å². The quantitative estimate of drug-likeness (QED) is 0.849. The van der Waals surface area contributed by atoms with Crippen LogP contribution < -0.4 is 0 Å². The zero-order valence-corrected chi connectivity index (χ0v) is 14.1. The Balaban J connectivity index is 1.57. The molecule has 1 aromatic rings. The lowest BCUT2D eigenvalue weighted by Crippen LogP contribution is -2.30. The number of rotatable bonds is 4. The average Bonchev–Trinajstić information content (AvgIpc) is 2.99. The van der Waals surface area contributed by atoms with E-state index in [1.807, 2.05) is 0 Å². The Morgan fingerprint density at radius 3 is 2.64 bits per heavy atom. The number of aromatic nitrogens is 3. The number of thioether (sulfide) groups is 1. The molecule has 0 atom stereocenters. The first kappa shape index (κ1) is 15.8. The molecule has 1 aromatic heterocycles. The van der Waals surface area contributed by atoms with Gasteiger partial charge in [-0.1, -0.05) is 31.0 Å². The molecule has 1 spiro atoms. The predicted molar refractivity (Wildman–Crippen MR) is 86.0 cm³/mol. The molecule has 22 heavy (non-hydrogen) atoms. The van der Waals surface area contributed by atoms with Crippen LogP contribution >= 0.6 is 11.8 Å². The summed E-state index contributed by atoms with van der Waals surface area (Å²) < 4.78 is 5.03. The molecule has 2 fully saturated rings. The lowest BCUT2D eigenvalue weighted by atomic mass is 9.65. The molecule has 1 N–H and O–H groups in total. The van der Waals surface area contributed by atoms with E-state index < -0.39 is 0 Å². The van der Waals surface area contributed by atoms with Crippen molar-refractivity contribution in [3.05, 3.63) is 5.69 Å². The Hall–Kier alpha value is -1.04. The Labute approximate surface area is 136 Å². The average molecular weight is 323 g/mol. The van der Waals surface area contributed by atoms with Crippen molar-refractivity contribution >= 4 is 17.7 Å². The van der Waals surface area contributed by atoms with Crippen molar-refractivity contribution in [3.63, 3.8) is 0 Å². The number of ether oxygens (including phenoxy) is 1. The fourth-order valence-electron chi connectivity index (χ4n) is 3.92. The summed E-state index contributed by atoms with van der Waals surface area (Å²) in [6.07, 6.45) is 12.2. The van der Waals surface area contributed by atoms with Crippen LogP contribution in [-0.4, -0.2) is 33.2 Å². The minimum Gasteiger partial charge on any atom is -0.461 e. The van der Waals surface area contributed by atoms with Gasteiger partial charge in [-0.2, -0.15) is 5.21 Å². The van der Waals surface area contributed by atoms with Crippen molar-refractivity contribution in [2.75, 3.05) is 6.61 Å². The fourth-order valence-corrected chi connectivity index (χ4v) is 5.04. The zero-order valence-electron chi connectivity index (χ0n) is 13.3. The highest BCUT2D eigenvalue weighted by Crippen LogP contribution is 2.50. The van der Waals surface area contributed by atoms with Crippen LogP contribution in [0, 0.1) is 5.41 Å². The van der Waals surface area contributed by atoms with Gasteiger partial charge in [0.25, 0.3) is 0 Å². The maximum atomic E-state index is 11.9. The first-order valence-electron chi connectivity index (χ1n) is 8.47. The van der Waals surface area contributed by atoms with Crippen molar-refractivity contribution in [3.8, 4) is 0 Å². The number of esters is 1. The molecule has 5 nitrogen and oxygen atoms in total. The number of aromatic amines is 1. The van der Waals surface area contributed by atoms with Gasteiger partial charge in [0.15, 0.2) is 5.03 Å². The van der Waals surface area contributed by atoms with Crippen LogP contribution in [0.2, 0.25) is 0 Å². The third kappa shape index (κ3) is 3.47. The van der Waals surface area contributed by atoms with Crippen molar-refractivity contribution in [2.24, 2.45) is 5.41 Å². The highest BCUT2D eigenvalue weighted by Gasteiger charge is 2.37. The second-order valence-corrected chi connectivity index (χ2v) is 7.86. The smallest absolute Gasteiger partial charge is 0.361 e. The second-order valence-electron chi connectivity index (χ2n) is 6.58. The molecule has 6 heteroatoms. The molecular weight excluding hydrogens is 298 g/mol. The molecule has 0 unspecified atom stereocenters. The van der Waals surface area contributed by atoms with Gasteiger partial charge in [0, 0.05) is 5.25 Å². The van der Waals surface area contributed by atoms with E-state index in [1.165, 1.54) is 57.8 Å². The molecule has 0 aliphatic heterocycles. The second kappa shape index (κ2) is 7.02.